The number of aliphatic hydroxyl groups excluding tert-OH is 1. The van der Waals surface area contributed by atoms with Crippen molar-refractivity contribution in [2.75, 3.05) is 33.3 Å². The Morgan fingerprint density at radius 3 is 2.95 bits per heavy atom. The van der Waals surface area contributed by atoms with Gasteiger partial charge in [-0.3, -0.25) is 14.7 Å². The molecular weight excluding hydrogens is 256 g/mol. The first-order chi connectivity index (χ1) is 9.61. The average molecular weight is 276 g/mol. The molecule has 6 heteroatoms. The Morgan fingerprint density at radius 1 is 1.55 bits per heavy atom. The summed E-state index contributed by atoms with van der Waals surface area (Å²) in [7, 11) is 1.98. The monoisotopic (exact) mass is 276 g/mol. The first-order valence-electron chi connectivity index (χ1n) is 6.60. The molecule has 1 unspecified atom stereocenters. The molecule has 0 aromatic carbocycles. The van der Waals surface area contributed by atoms with Gasteiger partial charge in [0.1, 0.15) is 0 Å². The summed E-state index contributed by atoms with van der Waals surface area (Å²) in [4.78, 5) is 19.9. The van der Waals surface area contributed by atoms with E-state index in [1.165, 1.54) is 0 Å². The first kappa shape index (κ1) is 14.5. The lowest BCUT2D eigenvalue weighted by molar-refractivity contribution is -0.112. The van der Waals surface area contributed by atoms with Gasteiger partial charge in [0, 0.05) is 38.1 Å². The van der Waals surface area contributed by atoms with Gasteiger partial charge in [-0.2, -0.15) is 0 Å². The van der Waals surface area contributed by atoms with Crippen LogP contribution in [0.3, 0.4) is 0 Å². The van der Waals surface area contributed by atoms with Crippen LogP contribution in [0.4, 0.5) is 0 Å². The van der Waals surface area contributed by atoms with E-state index in [2.05, 4.69) is 9.88 Å². The molecule has 108 valence electrons. The molecule has 2 heterocycles. The number of amides is 1. The van der Waals surface area contributed by atoms with Crippen LogP contribution < -0.4 is 5.73 Å². The molecule has 1 amide bonds. The fourth-order valence-corrected chi connectivity index (χ4v) is 2.25. The number of aliphatic hydroxyl groups is 1. The predicted molar refractivity (Wildman–Crippen MR) is 76.5 cm³/mol. The molecular formula is C14H20N4O2. The third kappa shape index (κ3) is 3.34. The molecule has 3 N–H and O–H groups in total. The topological polar surface area (TPSA) is 82.7 Å². The smallest absolute Gasteiger partial charge is 0.252 e. The number of nitrogens with zero attached hydrogens (tertiary/aromatic N) is 3. The minimum Gasteiger partial charge on any atom is -0.395 e. The predicted octanol–water partition coefficient (Wildman–Crippen LogP) is -0.484. The Bertz CT molecular complexity index is 489. The number of hydrogen-bond donors (Lipinski definition) is 2. The summed E-state index contributed by atoms with van der Waals surface area (Å²) in [6.07, 6.45) is 3.38. The van der Waals surface area contributed by atoms with Crippen LogP contribution in [0.25, 0.3) is 5.57 Å². The van der Waals surface area contributed by atoms with Gasteiger partial charge < -0.3 is 15.7 Å². The Balaban J connectivity index is 2.20. The number of carbonyl (C=O) groups is 1. The molecule has 0 spiro atoms. The maximum Gasteiger partial charge on any atom is 0.252 e. The van der Waals surface area contributed by atoms with Crippen LogP contribution in [0.1, 0.15) is 5.69 Å². The quantitative estimate of drug-likeness (QED) is 0.726. The van der Waals surface area contributed by atoms with E-state index in [1.54, 1.807) is 24.5 Å². The summed E-state index contributed by atoms with van der Waals surface area (Å²) in [5.74, 6) is -0.497. The largest absolute Gasteiger partial charge is 0.395 e. The fourth-order valence-electron chi connectivity index (χ4n) is 2.25. The highest BCUT2D eigenvalue weighted by molar-refractivity contribution is 6.17. The second kappa shape index (κ2) is 6.49. The minimum absolute atomic E-state index is 0.0675. The molecule has 20 heavy (non-hydrogen) atoms. The fraction of sp³-hybridized carbons (Fsp3) is 0.429. The minimum atomic E-state index is -0.497. The van der Waals surface area contributed by atoms with Gasteiger partial charge in [-0.15, -0.1) is 0 Å². The van der Waals surface area contributed by atoms with E-state index in [4.69, 9.17) is 5.73 Å². The normalized spacial score (nSPS) is 21.0. The number of primary amides is 1. The number of aromatic nitrogens is 1. The third-order valence-electron chi connectivity index (χ3n) is 3.54. The number of rotatable bonds is 4. The molecule has 0 saturated carbocycles. The van der Waals surface area contributed by atoms with Crippen molar-refractivity contribution in [2.45, 2.75) is 6.04 Å². The molecule has 1 saturated heterocycles. The molecule has 1 aromatic rings. The van der Waals surface area contributed by atoms with Crippen molar-refractivity contribution in [2.24, 2.45) is 5.73 Å². The Morgan fingerprint density at radius 2 is 2.35 bits per heavy atom. The lowest BCUT2D eigenvalue weighted by atomic mass is 10.1. The van der Waals surface area contributed by atoms with Crippen LogP contribution in [0.5, 0.6) is 0 Å². The number of hydrogen-bond acceptors (Lipinski definition) is 5. The molecule has 6 nitrogen and oxygen atoms in total. The zero-order chi connectivity index (χ0) is 14.5. The molecule has 1 fully saturated rings. The van der Waals surface area contributed by atoms with Crippen LogP contribution in [0.15, 0.2) is 30.6 Å². The number of carbonyl (C=O) groups excluding carboxylic acids is 1. The zero-order valence-electron chi connectivity index (χ0n) is 11.6. The van der Waals surface area contributed by atoms with Gasteiger partial charge in [-0.25, -0.2) is 0 Å². The highest BCUT2D eigenvalue weighted by atomic mass is 16.3. The van der Waals surface area contributed by atoms with E-state index in [1.807, 2.05) is 18.0 Å². The van der Waals surface area contributed by atoms with Crippen molar-refractivity contribution in [3.8, 4) is 0 Å². The molecule has 1 atom stereocenters. The molecule has 1 aliphatic heterocycles. The van der Waals surface area contributed by atoms with Crippen LogP contribution in [-0.2, 0) is 4.79 Å². The van der Waals surface area contributed by atoms with Crippen LogP contribution in [0.2, 0.25) is 0 Å². The van der Waals surface area contributed by atoms with Gasteiger partial charge in [0.2, 0.25) is 0 Å². The van der Waals surface area contributed by atoms with Crippen molar-refractivity contribution in [1.29, 1.82) is 0 Å². The summed E-state index contributed by atoms with van der Waals surface area (Å²) in [5, 5.41) is 9.35. The van der Waals surface area contributed by atoms with Crippen LogP contribution >= 0.6 is 0 Å². The SMILES string of the molecule is CN1CCN(C=C(C(N)=O)c2ccccn2)CC1CO. The molecule has 0 aliphatic carbocycles. The van der Waals surface area contributed by atoms with Gasteiger partial charge in [0.15, 0.2) is 0 Å². The van der Waals surface area contributed by atoms with Crippen LogP contribution in [0, 0.1) is 0 Å². The third-order valence-corrected chi connectivity index (χ3v) is 3.54. The van der Waals surface area contributed by atoms with Gasteiger partial charge in [0.25, 0.3) is 5.91 Å². The van der Waals surface area contributed by atoms with E-state index < -0.39 is 5.91 Å². The van der Waals surface area contributed by atoms with E-state index in [0.717, 1.165) is 13.1 Å². The van der Waals surface area contributed by atoms with E-state index >= 15 is 0 Å². The number of likely N-dealkylation sites (N-methyl/N-ethyl adjacent to an activating group) is 1. The summed E-state index contributed by atoms with van der Waals surface area (Å²) < 4.78 is 0. The summed E-state index contributed by atoms with van der Waals surface area (Å²) in [5.41, 5.74) is 6.41. The van der Waals surface area contributed by atoms with Crippen LogP contribution in [-0.4, -0.2) is 65.1 Å². The van der Waals surface area contributed by atoms with E-state index in [9.17, 15) is 9.90 Å². The van der Waals surface area contributed by atoms with Crippen molar-refractivity contribution in [1.82, 2.24) is 14.8 Å². The molecule has 1 aromatic heterocycles. The van der Waals surface area contributed by atoms with Crippen molar-refractivity contribution >= 4 is 11.5 Å². The van der Waals surface area contributed by atoms with Crippen molar-refractivity contribution < 1.29 is 9.90 Å². The molecule has 0 radical (unpaired) electrons. The van der Waals surface area contributed by atoms with Crippen molar-refractivity contribution in [3.63, 3.8) is 0 Å². The van der Waals surface area contributed by atoms with Gasteiger partial charge >= 0.3 is 0 Å². The molecule has 2 rings (SSSR count). The summed E-state index contributed by atoms with van der Waals surface area (Å²) in [6.45, 7) is 2.37. The average Bonchev–Trinajstić information content (AvgIpc) is 2.47. The number of pyridine rings is 1. The molecule has 0 bridgehead atoms. The second-order valence-electron chi connectivity index (χ2n) is 4.93. The van der Waals surface area contributed by atoms with E-state index in [0.29, 0.717) is 17.8 Å². The Labute approximate surface area is 118 Å². The summed E-state index contributed by atoms with van der Waals surface area (Å²) >= 11 is 0. The maximum atomic E-state index is 11.6. The highest BCUT2D eigenvalue weighted by Crippen LogP contribution is 2.15. The lowest BCUT2D eigenvalue weighted by Crippen LogP contribution is -2.51. The Kier molecular flexibility index (Phi) is 4.70. The van der Waals surface area contributed by atoms with Gasteiger partial charge in [0.05, 0.1) is 17.9 Å². The second-order valence-corrected chi connectivity index (χ2v) is 4.93. The van der Waals surface area contributed by atoms with Gasteiger partial charge in [-0.05, 0) is 19.2 Å². The lowest BCUT2D eigenvalue weighted by Gasteiger charge is -2.38. The Hall–Kier alpha value is -1.92. The standard InChI is InChI=1S/C14H20N4O2/c1-17-6-7-18(8-11(17)10-19)9-12(14(15)20)13-4-2-3-5-16-13/h2-5,9,11,19H,6-8,10H2,1H3,(H2,15,20). The highest BCUT2D eigenvalue weighted by Gasteiger charge is 2.23. The first-order valence-corrected chi connectivity index (χ1v) is 6.60. The molecule has 1 aliphatic rings. The zero-order valence-corrected chi connectivity index (χ0v) is 11.6. The number of piperazine rings is 1. The van der Waals surface area contributed by atoms with Gasteiger partial charge in [-0.1, -0.05) is 6.07 Å². The number of nitrogens with two attached hydrogens (primary N) is 1. The van der Waals surface area contributed by atoms with Crippen molar-refractivity contribution in [3.05, 3.63) is 36.3 Å². The summed E-state index contributed by atoms with van der Waals surface area (Å²) in [6, 6.07) is 5.44. The maximum absolute atomic E-state index is 11.6. The van der Waals surface area contributed by atoms with E-state index in [-0.39, 0.29) is 12.6 Å².